The van der Waals surface area contributed by atoms with Gasteiger partial charge in [-0.3, -0.25) is 0 Å². The maximum Gasteiger partial charge on any atom is 0.135 e. The van der Waals surface area contributed by atoms with E-state index in [2.05, 4.69) is 27.3 Å². The van der Waals surface area contributed by atoms with Crippen LogP contribution in [0.25, 0.3) is 0 Å². The molecule has 0 amide bonds. The molecule has 4 heteroatoms. The summed E-state index contributed by atoms with van der Waals surface area (Å²) in [5, 5.41) is 11.6. The van der Waals surface area contributed by atoms with Crippen LogP contribution in [-0.4, -0.2) is 13.7 Å². The van der Waals surface area contributed by atoms with E-state index in [0.717, 1.165) is 28.9 Å². The lowest BCUT2D eigenvalue weighted by molar-refractivity contribution is 0.412. The summed E-state index contributed by atoms with van der Waals surface area (Å²) in [4.78, 5) is 0. The Labute approximate surface area is 98.2 Å². The number of rotatable bonds is 5. The molecule has 0 radical (unpaired) electrons. The summed E-state index contributed by atoms with van der Waals surface area (Å²) in [6.45, 7) is 0.804. The lowest BCUT2D eigenvalue weighted by atomic mass is 10.3. The van der Waals surface area contributed by atoms with Crippen molar-refractivity contribution in [3.05, 3.63) is 22.7 Å². The third-order valence-corrected chi connectivity index (χ3v) is 2.60. The van der Waals surface area contributed by atoms with E-state index >= 15 is 0 Å². The largest absolute Gasteiger partial charge is 0.495 e. The topological polar surface area (TPSA) is 45.0 Å². The number of nitriles is 1. The van der Waals surface area contributed by atoms with Crippen molar-refractivity contribution in [1.29, 1.82) is 5.26 Å². The summed E-state index contributed by atoms with van der Waals surface area (Å²) in [5.74, 6) is 0.806. The van der Waals surface area contributed by atoms with E-state index in [1.807, 2.05) is 18.2 Å². The Kier molecular flexibility index (Phi) is 4.99. The number of nitrogens with one attached hydrogen (secondary N) is 1. The highest BCUT2D eigenvalue weighted by Gasteiger charge is 2.00. The minimum absolute atomic E-state index is 0.584. The van der Waals surface area contributed by atoms with Crippen LogP contribution in [0.5, 0.6) is 5.75 Å². The fourth-order valence-electron chi connectivity index (χ4n) is 1.17. The monoisotopic (exact) mass is 268 g/mol. The molecule has 0 unspecified atom stereocenters. The Morgan fingerprint density at radius 2 is 2.33 bits per heavy atom. The van der Waals surface area contributed by atoms with Crippen molar-refractivity contribution in [2.24, 2.45) is 0 Å². The number of halogens is 1. The number of nitrogens with zero attached hydrogens (tertiary/aromatic N) is 1. The smallest absolute Gasteiger partial charge is 0.135 e. The minimum Gasteiger partial charge on any atom is -0.495 e. The Hall–Kier alpha value is -1.21. The molecule has 0 atom stereocenters. The molecule has 0 aliphatic carbocycles. The first-order valence-electron chi connectivity index (χ1n) is 4.72. The summed E-state index contributed by atoms with van der Waals surface area (Å²) in [7, 11) is 1.64. The molecule has 3 nitrogen and oxygen atoms in total. The zero-order chi connectivity index (χ0) is 11.1. The normalized spacial score (nSPS) is 9.40. The van der Waals surface area contributed by atoms with Crippen LogP contribution < -0.4 is 10.1 Å². The molecule has 0 aliphatic rings. The van der Waals surface area contributed by atoms with Crippen molar-refractivity contribution in [2.75, 3.05) is 19.0 Å². The quantitative estimate of drug-likeness (QED) is 0.835. The summed E-state index contributed by atoms with van der Waals surface area (Å²) in [5.41, 5.74) is 1.01. The van der Waals surface area contributed by atoms with Crippen LogP contribution in [0.4, 0.5) is 5.69 Å². The maximum absolute atomic E-state index is 8.38. The van der Waals surface area contributed by atoms with Gasteiger partial charge in [0.15, 0.2) is 0 Å². The SMILES string of the molecule is COc1cc(NCCCC#N)ccc1Br. The molecule has 0 fully saturated rings. The Morgan fingerprint density at radius 1 is 1.53 bits per heavy atom. The highest BCUT2D eigenvalue weighted by atomic mass is 79.9. The second kappa shape index (κ2) is 6.31. The van der Waals surface area contributed by atoms with Gasteiger partial charge in [-0.05, 0) is 34.5 Å². The van der Waals surface area contributed by atoms with Crippen molar-refractivity contribution in [3.8, 4) is 11.8 Å². The van der Waals surface area contributed by atoms with Gasteiger partial charge in [-0.1, -0.05) is 0 Å². The van der Waals surface area contributed by atoms with Gasteiger partial charge in [0, 0.05) is 24.7 Å². The third-order valence-electron chi connectivity index (χ3n) is 1.95. The van der Waals surface area contributed by atoms with E-state index in [0.29, 0.717) is 6.42 Å². The van der Waals surface area contributed by atoms with Crippen LogP contribution in [0.3, 0.4) is 0 Å². The zero-order valence-electron chi connectivity index (χ0n) is 8.59. The molecule has 0 bridgehead atoms. The molecule has 1 aromatic carbocycles. The number of hydrogen-bond acceptors (Lipinski definition) is 3. The second-order valence-electron chi connectivity index (χ2n) is 3.04. The van der Waals surface area contributed by atoms with Crippen molar-refractivity contribution in [1.82, 2.24) is 0 Å². The number of unbranched alkanes of at least 4 members (excludes halogenated alkanes) is 1. The predicted octanol–water partition coefficient (Wildman–Crippen LogP) is 3.17. The van der Waals surface area contributed by atoms with Gasteiger partial charge in [0.1, 0.15) is 5.75 Å². The first kappa shape index (κ1) is 11.9. The van der Waals surface area contributed by atoms with Gasteiger partial charge >= 0.3 is 0 Å². The van der Waals surface area contributed by atoms with E-state index in [-0.39, 0.29) is 0 Å². The fourth-order valence-corrected chi connectivity index (χ4v) is 1.58. The van der Waals surface area contributed by atoms with Crippen molar-refractivity contribution in [3.63, 3.8) is 0 Å². The number of ether oxygens (including phenoxy) is 1. The van der Waals surface area contributed by atoms with E-state index in [4.69, 9.17) is 10.00 Å². The van der Waals surface area contributed by atoms with Crippen LogP contribution in [0.2, 0.25) is 0 Å². The average Bonchev–Trinajstić information content (AvgIpc) is 2.26. The highest BCUT2D eigenvalue weighted by Crippen LogP contribution is 2.27. The molecule has 0 saturated heterocycles. The van der Waals surface area contributed by atoms with Crippen LogP contribution in [0.15, 0.2) is 22.7 Å². The van der Waals surface area contributed by atoms with Gasteiger partial charge < -0.3 is 10.1 Å². The van der Waals surface area contributed by atoms with Gasteiger partial charge in [0.2, 0.25) is 0 Å². The molecule has 0 aromatic heterocycles. The second-order valence-corrected chi connectivity index (χ2v) is 3.89. The lowest BCUT2D eigenvalue weighted by Crippen LogP contribution is -2.01. The molecule has 0 aliphatic heterocycles. The molecule has 80 valence electrons. The van der Waals surface area contributed by atoms with Gasteiger partial charge in [-0.15, -0.1) is 0 Å². The maximum atomic E-state index is 8.38. The Balaban J connectivity index is 2.52. The van der Waals surface area contributed by atoms with E-state index in [9.17, 15) is 0 Å². The number of hydrogen-bond donors (Lipinski definition) is 1. The van der Waals surface area contributed by atoms with Gasteiger partial charge in [-0.2, -0.15) is 5.26 Å². The third kappa shape index (κ3) is 3.80. The van der Waals surface area contributed by atoms with Crippen LogP contribution >= 0.6 is 15.9 Å². The Bertz CT molecular complexity index is 360. The standard InChI is InChI=1S/C11H13BrN2O/c1-15-11-8-9(4-5-10(11)12)14-7-3-2-6-13/h4-5,8,14H,2-3,7H2,1H3. The molecule has 0 spiro atoms. The van der Waals surface area contributed by atoms with Gasteiger partial charge in [-0.25, -0.2) is 0 Å². The fraction of sp³-hybridized carbons (Fsp3) is 0.364. The van der Waals surface area contributed by atoms with Gasteiger partial charge in [0.25, 0.3) is 0 Å². The number of methoxy groups -OCH3 is 1. The zero-order valence-corrected chi connectivity index (χ0v) is 10.2. The highest BCUT2D eigenvalue weighted by molar-refractivity contribution is 9.10. The molecular weight excluding hydrogens is 256 g/mol. The molecule has 1 N–H and O–H groups in total. The first-order valence-corrected chi connectivity index (χ1v) is 5.51. The summed E-state index contributed by atoms with van der Waals surface area (Å²) >= 11 is 3.39. The predicted molar refractivity (Wildman–Crippen MR) is 64.0 cm³/mol. The van der Waals surface area contributed by atoms with Crippen LogP contribution in [0.1, 0.15) is 12.8 Å². The first-order chi connectivity index (χ1) is 7.27. The average molecular weight is 269 g/mol. The van der Waals surface area contributed by atoms with E-state index < -0.39 is 0 Å². The Morgan fingerprint density at radius 3 is 3.00 bits per heavy atom. The number of benzene rings is 1. The number of anilines is 1. The van der Waals surface area contributed by atoms with Crippen LogP contribution in [0, 0.1) is 11.3 Å². The van der Waals surface area contributed by atoms with Crippen molar-refractivity contribution in [2.45, 2.75) is 12.8 Å². The van der Waals surface area contributed by atoms with Crippen LogP contribution in [-0.2, 0) is 0 Å². The molecule has 0 heterocycles. The molecule has 15 heavy (non-hydrogen) atoms. The van der Waals surface area contributed by atoms with Crippen molar-refractivity contribution >= 4 is 21.6 Å². The molecule has 1 aromatic rings. The van der Waals surface area contributed by atoms with Crippen molar-refractivity contribution < 1.29 is 4.74 Å². The molecular formula is C11H13BrN2O. The summed E-state index contributed by atoms with van der Waals surface area (Å²) < 4.78 is 6.11. The van der Waals surface area contributed by atoms with E-state index in [1.165, 1.54) is 0 Å². The lowest BCUT2D eigenvalue weighted by Gasteiger charge is -2.08. The summed E-state index contributed by atoms with van der Waals surface area (Å²) in [6.07, 6.45) is 1.44. The summed E-state index contributed by atoms with van der Waals surface area (Å²) in [6, 6.07) is 7.95. The van der Waals surface area contributed by atoms with Gasteiger partial charge in [0.05, 0.1) is 17.7 Å². The van der Waals surface area contributed by atoms with E-state index in [1.54, 1.807) is 7.11 Å². The molecule has 1 rings (SSSR count). The molecule has 0 saturated carbocycles. The minimum atomic E-state index is 0.584.